The van der Waals surface area contributed by atoms with E-state index < -0.39 is 12.6 Å². The molecule has 0 spiro atoms. The van der Waals surface area contributed by atoms with Crippen LogP contribution >= 0.6 is 0 Å². The molecule has 1 atom stereocenters. The Kier molecular flexibility index (Phi) is 3.60. The highest BCUT2D eigenvalue weighted by molar-refractivity contribution is 4.57. The SMILES string of the molecule is NCCC(F)C(F)F. The number of rotatable bonds is 3. The van der Waals surface area contributed by atoms with Gasteiger partial charge in [-0.3, -0.25) is 0 Å². The molecule has 0 aliphatic rings. The Hall–Kier alpha value is -0.250. The van der Waals surface area contributed by atoms with Crippen LogP contribution in [0, 0.1) is 0 Å². The Morgan fingerprint density at radius 3 is 1.88 bits per heavy atom. The number of hydrogen-bond acceptors (Lipinski definition) is 1. The lowest BCUT2D eigenvalue weighted by Gasteiger charge is -2.01. The fraction of sp³-hybridized carbons (Fsp3) is 1.00. The lowest BCUT2D eigenvalue weighted by Crippen LogP contribution is -2.16. The van der Waals surface area contributed by atoms with E-state index >= 15 is 0 Å². The van der Waals surface area contributed by atoms with Gasteiger partial charge in [-0.25, -0.2) is 13.2 Å². The van der Waals surface area contributed by atoms with Crippen molar-refractivity contribution in [2.75, 3.05) is 6.54 Å². The van der Waals surface area contributed by atoms with Gasteiger partial charge in [0.1, 0.15) is 0 Å². The quantitative estimate of drug-likeness (QED) is 0.599. The van der Waals surface area contributed by atoms with Crippen molar-refractivity contribution < 1.29 is 13.2 Å². The third kappa shape index (κ3) is 2.85. The maximum atomic E-state index is 11.7. The summed E-state index contributed by atoms with van der Waals surface area (Å²) in [6.45, 7) is -0.0223. The topological polar surface area (TPSA) is 26.0 Å². The molecule has 0 saturated carbocycles. The van der Waals surface area contributed by atoms with Crippen molar-refractivity contribution in [2.45, 2.75) is 19.0 Å². The van der Waals surface area contributed by atoms with Crippen LogP contribution in [0.5, 0.6) is 0 Å². The van der Waals surface area contributed by atoms with Crippen LogP contribution in [0.1, 0.15) is 6.42 Å². The first-order valence-corrected chi connectivity index (χ1v) is 2.30. The van der Waals surface area contributed by atoms with E-state index in [9.17, 15) is 13.2 Å². The van der Waals surface area contributed by atoms with Gasteiger partial charge < -0.3 is 5.73 Å². The zero-order chi connectivity index (χ0) is 6.57. The van der Waals surface area contributed by atoms with Gasteiger partial charge in [0.25, 0.3) is 6.43 Å². The third-order valence-corrected chi connectivity index (χ3v) is 0.716. The minimum atomic E-state index is -2.88. The molecule has 0 aromatic carbocycles. The molecule has 8 heavy (non-hydrogen) atoms. The Morgan fingerprint density at radius 1 is 1.25 bits per heavy atom. The van der Waals surface area contributed by atoms with E-state index in [1.165, 1.54) is 0 Å². The van der Waals surface area contributed by atoms with Gasteiger partial charge in [0, 0.05) is 0 Å². The smallest absolute Gasteiger partial charge is 0.269 e. The molecule has 0 aromatic heterocycles. The first-order chi connectivity index (χ1) is 3.68. The molecule has 50 valence electrons. The molecular weight excluding hydrogens is 119 g/mol. The first-order valence-electron chi connectivity index (χ1n) is 2.30. The van der Waals surface area contributed by atoms with Gasteiger partial charge in [-0.05, 0) is 13.0 Å². The Labute approximate surface area is 45.7 Å². The van der Waals surface area contributed by atoms with Gasteiger partial charge in [-0.15, -0.1) is 0 Å². The summed E-state index contributed by atoms with van der Waals surface area (Å²) in [6.07, 6.45) is -5.17. The highest BCUT2D eigenvalue weighted by atomic mass is 19.3. The summed E-state index contributed by atoms with van der Waals surface area (Å²) in [4.78, 5) is 0. The summed E-state index contributed by atoms with van der Waals surface area (Å²) < 4.78 is 34.1. The van der Waals surface area contributed by atoms with E-state index in [0.29, 0.717) is 0 Å². The highest BCUT2D eigenvalue weighted by Gasteiger charge is 2.16. The number of nitrogens with two attached hydrogens (primary N) is 1. The Bertz CT molecular complexity index is 57.2. The largest absolute Gasteiger partial charge is 0.330 e. The summed E-state index contributed by atoms with van der Waals surface area (Å²) in [7, 11) is 0. The lowest BCUT2D eigenvalue weighted by molar-refractivity contribution is 0.0468. The van der Waals surface area contributed by atoms with Crippen molar-refractivity contribution in [1.82, 2.24) is 0 Å². The molecule has 0 heterocycles. The number of hydrogen-bond donors (Lipinski definition) is 1. The summed E-state index contributed by atoms with van der Waals surface area (Å²) in [5, 5.41) is 0. The first kappa shape index (κ1) is 7.75. The second-order valence-corrected chi connectivity index (χ2v) is 1.43. The molecule has 0 amide bonds. The van der Waals surface area contributed by atoms with Crippen molar-refractivity contribution in [3.63, 3.8) is 0 Å². The van der Waals surface area contributed by atoms with Crippen molar-refractivity contribution in [3.05, 3.63) is 0 Å². The summed E-state index contributed by atoms with van der Waals surface area (Å²) in [6, 6.07) is 0. The summed E-state index contributed by atoms with van der Waals surface area (Å²) in [5.74, 6) is 0. The van der Waals surface area contributed by atoms with Crippen molar-refractivity contribution in [1.29, 1.82) is 0 Å². The predicted molar refractivity (Wildman–Crippen MR) is 24.6 cm³/mol. The van der Waals surface area contributed by atoms with Crippen molar-refractivity contribution in [2.24, 2.45) is 5.73 Å². The molecular formula is C4H8F3N. The van der Waals surface area contributed by atoms with Crippen LogP contribution < -0.4 is 5.73 Å². The van der Waals surface area contributed by atoms with Crippen LogP contribution in [0.25, 0.3) is 0 Å². The Balaban J connectivity index is 3.17. The van der Waals surface area contributed by atoms with Crippen LogP contribution in [-0.2, 0) is 0 Å². The fourth-order valence-corrected chi connectivity index (χ4v) is 0.285. The van der Waals surface area contributed by atoms with E-state index in [1.54, 1.807) is 0 Å². The predicted octanol–water partition coefficient (Wildman–Crippen LogP) is 0.938. The van der Waals surface area contributed by atoms with Gasteiger partial charge in [-0.1, -0.05) is 0 Å². The van der Waals surface area contributed by atoms with Crippen molar-refractivity contribution >= 4 is 0 Å². The normalized spacial score (nSPS) is 14.6. The second-order valence-electron chi connectivity index (χ2n) is 1.43. The molecule has 0 fully saturated rings. The molecule has 0 rings (SSSR count). The molecule has 0 aromatic rings. The summed E-state index contributed by atoms with van der Waals surface area (Å²) >= 11 is 0. The fourth-order valence-electron chi connectivity index (χ4n) is 0.285. The molecule has 0 aliphatic heterocycles. The van der Waals surface area contributed by atoms with Crippen LogP contribution in [0.2, 0.25) is 0 Å². The van der Waals surface area contributed by atoms with E-state index in [2.05, 4.69) is 0 Å². The molecule has 0 radical (unpaired) electrons. The molecule has 2 N–H and O–H groups in total. The second kappa shape index (κ2) is 3.72. The minimum Gasteiger partial charge on any atom is -0.330 e. The van der Waals surface area contributed by atoms with Gasteiger partial charge in [0.05, 0.1) is 0 Å². The summed E-state index contributed by atoms with van der Waals surface area (Å²) in [5.41, 5.74) is 4.79. The van der Waals surface area contributed by atoms with Crippen LogP contribution in [0.4, 0.5) is 13.2 Å². The third-order valence-electron chi connectivity index (χ3n) is 0.716. The van der Waals surface area contributed by atoms with Crippen LogP contribution in [0.3, 0.4) is 0 Å². The average Bonchev–Trinajstić information content (AvgIpc) is 1.67. The monoisotopic (exact) mass is 127 g/mol. The molecule has 0 aliphatic carbocycles. The zero-order valence-electron chi connectivity index (χ0n) is 4.28. The maximum Gasteiger partial charge on any atom is 0.269 e. The van der Waals surface area contributed by atoms with Crippen LogP contribution in [0.15, 0.2) is 0 Å². The number of alkyl halides is 3. The highest BCUT2D eigenvalue weighted by Crippen LogP contribution is 2.07. The van der Waals surface area contributed by atoms with Gasteiger partial charge in [-0.2, -0.15) is 0 Å². The van der Waals surface area contributed by atoms with E-state index in [0.717, 1.165) is 0 Å². The molecule has 4 heteroatoms. The molecule has 1 nitrogen and oxygen atoms in total. The Morgan fingerprint density at radius 2 is 1.75 bits per heavy atom. The average molecular weight is 127 g/mol. The lowest BCUT2D eigenvalue weighted by atomic mass is 10.3. The van der Waals surface area contributed by atoms with E-state index in [-0.39, 0.29) is 13.0 Å². The zero-order valence-corrected chi connectivity index (χ0v) is 4.28. The molecule has 0 saturated heterocycles. The standard InChI is InChI=1S/C4H8F3N/c5-3(1-2-8)4(6)7/h3-4H,1-2,8H2. The number of halogens is 3. The van der Waals surface area contributed by atoms with E-state index in [4.69, 9.17) is 5.73 Å². The van der Waals surface area contributed by atoms with Gasteiger partial charge in [0.2, 0.25) is 0 Å². The minimum absolute atomic E-state index is 0.0223. The maximum absolute atomic E-state index is 11.7. The van der Waals surface area contributed by atoms with E-state index in [1.807, 2.05) is 0 Å². The van der Waals surface area contributed by atoms with Crippen LogP contribution in [-0.4, -0.2) is 19.1 Å². The van der Waals surface area contributed by atoms with Gasteiger partial charge >= 0.3 is 0 Å². The molecule has 1 unspecified atom stereocenters. The van der Waals surface area contributed by atoms with Gasteiger partial charge in [0.15, 0.2) is 6.17 Å². The van der Waals surface area contributed by atoms with Crippen molar-refractivity contribution in [3.8, 4) is 0 Å². The molecule has 0 bridgehead atoms.